The zero-order valence-electron chi connectivity index (χ0n) is 22.6. The number of nitrogens with zero attached hydrogens (tertiary/aromatic N) is 3. The number of nitrogens with one attached hydrogen (secondary N) is 1. The highest BCUT2D eigenvalue weighted by atomic mass is 32.2. The molecule has 1 aliphatic rings. The van der Waals surface area contributed by atoms with Crippen molar-refractivity contribution in [1.82, 2.24) is 14.8 Å². The molecule has 2 heterocycles. The van der Waals surface area contributed by atoms with E-state index in [1.807, 2.05) is 0 Å². The molecule has 0 spiro atoms. The third-order valence-electron chi connectivity index (χ3n) is 6.25. The van der Waals surface area contributed by atoms with Crippen LogP contribution in [-0.4, -0.2) is 74.5 Å². The lowest BCUT2D eigenvalue weighted by Gasteiger charge is -2.13. The second-order valence-corrected chi connectivity index (χ2v) is 12.0. The molecule has 1 aliphatic heterocycles. The van der Waals surface area contributed by atoms with Gasteiger partial charge < -0.3 is 10.2 Å². The first kappa shape index (κ1) is 32.5. The molecule has 0 fully saturated rings. The van der Waals surface area contributed by atoms with Gasteiger partial charge in [-0.2, -0.15) is 21.9 Å². The summed E-state index contributed by atoms with van der Waals surface area (Å²) < 4.78 is 66.4. The van der Waals surface area contributed by atoms with Gasteiger partial charge in [-0.15, -0.1) is 0 Å². The maximum Gasteiger partial charge on any atom is 0.357 e. The number of hydrazone groups is 1. The van der Waals surface area contributed by atoms with E-state index >= 15 is 0 Å². The van der Waals surface area contributed by atoms with Crippen LogP contribution in [0.5, 0.6) is 0 Å². The van der Waals surface area contributed by atoms with E-state index in [2.05, 4.69) is 10.2 Å². The number of carbonyl (C=O) groups excluding carboxylic acids is 1. The largest absolute Gasteiger partial charge is 0.477 e. The van der Waals surface area contributed by atoms with E-state index < -0.39 is 77.9 Å². The summed E-state index contributed by atoms with van der Waals surface area (Å²) in [4.78, 5) is 48.4. The van der Waals surface area contributed by atoms with Gasteiger partial charge >= 0.3 is 11.9 Å². The number of carboxylic acid groups (broad SMARTS) is 2. The number of rotatable bonds is 11. The van der Waals surface area contributed by atoms with Gasteiger partial charge in [0, 0.05) is 0 Å². The minimum Gasteiger partial charge on any atom is -0.477 e. The van der Waals surface area contributed by atoms with E-state index in [1.54, 1.807) is 0 Å². The molecular formula is C27H22N4O12S2. The zero-order valence-corrected chi connectivity index (χ0v) is 24.3. The molecule has 234 valence electrons. The molecule has 0 atom stereocenters. The SMILES string of the molecule is O=C(O)C1=NN(Cc2ccccc2S(=O)(=O)O)C(=O)C1=CC=CC=Cc1c(C(=O)O)[nH]n(Cc2ccccc2S(=O)(=O)O)c1=O. The lowest BCUT2D eigenvalue weighted by Crippen LogP contribution is -2.23. The number of allylic oxidation sites excluding steroid dienone is 4. The molecule has 0 saturated carbocycles. The fraction of sp³-hybridized carbons (Fsp3) is 0.0741. The van der Waals surface area contributed by atoms with Crippen molar-refractivity contribution < 1.29 is 50.5 Å². The molecule has 0 radical (unpaired) electrons. The first-order valence-corrected chi connectivity index (χ1v) is 15.3. The topological polar surface area (TPSA) is 254 Å². The van der Waals surface area contributed by atoms with Gasteiger partial charge in [-0.05, 0) is 35.4 Å². The van der Waals surface area contributed by atoms with Gasteiger partial charge in [0.15, 0.2) is 11.4 Å². The minimum atomic E-state index is -4.65. The summed E-state index contributed by atoms with van der Waals surface area (Å²) in [5, 5.41) is 25.9. The zero-order chi connectivity index (χ0) is 33.1. The van der Waals surface area contributed by atoms with Crippen molar-refractivity contribution >= 4 is 49.9 Å². The molecule has 0 unspecified atom stereocenters. The maximum absolute atomic E-state index is 13.0. The molecular weight excluding hydrogens is 636 g/mol. The van der Waals surface area contributed by atoms with Crippen LogP contribution >= 0.6 is 0 Å². The molecule has 3 aromatic rings. The van der Waals surface area contributed by atoms with E-state index in [-0.39, 0.29) is 22.3 Å². The smallest absolute Gasteiger partial charge is 0.357 e. The molecule has 5 N–H and O–H groups in total. The number of hydrogen-bond acceptors (Lipinski definition) is 9. The van der Waals surface area contributed by atoms with E-state index in [1.165, 1.54) is 54.6 Å². The quantitative estimate of drug-likeness (QED) is 0.111. The summed E-state index contributed by atoms with van der Waals surface area (Å²) in [6.07, 6.45) is 5.90. The van der Waals surface area contributed by atoms with Crippen molar-refractivity contribution in [3.63, 3.8) is 0 Å². The van der Waals surface area contributed by atoms with E-state index in [0.29, 0.717) is 5.01 Å². The van der Waals surface area contributed by atoms with Crippen LogP contribution in [0.3, 0.4) is 0 Å². The van der Waals surface area contributed by atoms with Gasteiger partial charge in [0.2, 0.25) is 0 Å². The van der Waals surface area contributed by atoms with Crippen LogP contribution < -0.4 is 5.56 Å². The lowest BCUT2D eigenvalue weighted by atomic mass is 10.1. The number of aromatic nitrogens is 2. The van der Waals surface area contributed by atoms with Crippen LogP contribution in [0.2, 0.25) is 0 Å². The molecule has 45 heavy (non-hydrogen) atoms. The van der Waals surface area contributed by atoms with Crippen molar-refractivity contribution in [3.05, 3.63) is 111 Å². The Morgan fingerprint density at radius 3 is 1.89 bits per heavy atom. The Balaban J connectivity index is 1.58. The van der Waals surface area contributed by atoms with Crippen LogP contribution in [-0.2, 0) is 42.9 Å². The van der Waals surface area contributed by atoms with Crippen LogP contribution in [0.25, 0.3) is 6.08 Å². The number of benzene rings is 2. The Hall–Kier alpha value is -5.43. The van der Waals surface area contributed by atoms with Gasteiger partial charge in [0.1, 0.15) is 0 Å². The van der Waals surface area contributed by atoms with E-state index in [0.717, 1.165) is 29.0 Å². The van der Waals surface area contributed by atoms with Crippen LogP contribution in [0.4, 0.5) is 0 Å². The van der Waals surface area contributed by atoms with Crippen LogP contribution in [0, 0.1) is 0 Å². The highest BCUT2D eigenvalue weighted by Crippen LogP contribution is 2.23. The molecule has 1 amide bonds. The van der Waals surface area contributed by atoms with Crippen LogP contribution in [0.1, 0.15) is 27.2 Å². The molecule has 0 bridgehead atoms. The second-order valence-electron chi connectivity index (χ2n) is 9.20. The van der Waals surface area contributed by atoms with Crippen LogP contribution in [0.15, 0.2) is 98.1 Å². The number of aliphatic carboxylic acids is 1. The van der Waals surface area contributed by atoms with Gasteiger partial charge in [-0.1, -0.05) is 54.6 Å². The van der Waals surface area contributed by atoms with Gasteiger partial charge in [0.25, 0.3) is 31.7 Å². The average Bonchev–Trinajstić information content (AvgIpc) is 3.44. The summed E-state index contributed by atoms with van der Waals surface area (Å²) in [6.45, 7) is -0.894. The van der Waals surface area contributed by atoms with Gasteiger partial charge in [-0.25, -0.2) is 19.3 Å². The highest BCUT2D eigenvalue weighted by molar-refractivity contribution is 7.86. The Morgan fingerprint density at radius 1 is 0.800 bits per heavy atom. The molecule has 2 aromatic carbocycles. The van der Waals surface area contributed by atoms with Crippen molar-refractivity contribution in [2.24, 2.45) is 5.10 Å². The predicted molar refractivity (Wildman–Crippen MR) is 156 cm³/mol. The van der Waals surface area contributed by atoms with Crippen molar-refractivity contribution in [3.8, 4) is 0 Å². The standard InChI is InChI=1S/C27H22N4O12S2/c32-24-18(22(26(34)35)28-30(24)14-16-8-4-6-12-20(16)44(38,39)40)10-2-1-3-11-19-23(27(36)37)29-31(25(19)33)15-17-9-5-7-13-21(17)45(41,42)43/h1-13,28H,14-15H2,(H,34,35)(H,36,37)(H,38,39,40)(H,41,42,43). The first-order valence-electron chi connectivity index (χ1n) is 12.5. The first-order chi connectivity index (χ1) is 21.1. The number of carboxylic acids is 2. The molecule has 18 heteroatoms. The lowest BCUT2D eigenvalue weighted by molar-refractivity contribution is -0.129. The van der Waals surface area contributed by atoms with E-state index in [9.17, 15) is 55.3 Å². The maximum atomic E-state index is 13.0. The molecule has 1 aromatic heterocycles. The number of amides is 1. The fourth-order valence-electron chi connectivity index (χ4n) is 4.27. The number of aromatic carboxylic acids is 1. The Kier molecular flexibility index (Phi) is 9.14. The van der Waals surface area contributed by atoms with Crippen molar-refractivity contribution in [2.45, 2.75) is 22.9 Å². The Labute approximate surface area is 254 Å². The predicted octanol–water partition coefficient (Wildman–Crippen LogP) is 1.40. The highest BCUT2D eigenvalue weighted by Gasteiger charge is 2.34. The van der Waals surface area contributed by atoms with Gasteiger partial charge in [0.05, 0.1) is 34.0 Å². The molecule has 16 nitrogen and oxygen atoms in total. The Bertz CT molecular complexity index is 2120. The fourth-order valence-corrected chi connectivity index (χ4v) is 5.70. The number of hydrogen-bond donors (Lipinski definition) is 5. The minimum absolute atomic E-state index is 0.00925. The van der Waals surface area contributed by atoms with Crippen molar-refractivity contribution in [2.75, 3.05) is 0 Å². The summed E-state index contributed by atoms with van der Waals surface area (Å²) in [7, 11) is -9.28. The number of aromatic amines is 1. The monoisotopic (exact) mass is 658 g/mol. The number of H-pyrrole nitrogens is 1. The third kappa shape index (κ3) is 7.21. The number of carbonyl (C=O) groups is 3. The van der Waals surface area contributed by atoms with E-state index in [4.69, 9.17) is 0 Å². The average molecular weight is 659 g/mol. The summed E-state index contributed by atoms with van der Waals surface area (Å²) in [6, 6.07) is 10.5. The molecule has 0 saturated heterocycles. The third-order valence-corrected chi connectivity index (χ3v) is 8.15. The molecule has 4 rings (SSSR count). The summed E-state index contributed by atoms with van der Waals surface area (Å²) in [5.41, 5.74) is -2.72. The van der Waals surface area contributed by atoms with Gasteiger partial charge in [-0.3, -0.25) is 23.8 Å². The normalized spacial score (nSPS) is 15.0. The Morgan fingerprint density at radius 2 is 1.36 bits per heavy atom. The molecule has 0 aliphatic carbocycles. The van der Waals surface area contributed by atoms with Crippen molar-refractivity contribution in [1.29, 1.82) is 0 Å². The second kappa shape index (κ2) is 12.7. The summed E-state index contributed by atoms with van der Waals surface area (Å²) in [5.74, 6) is -3.95. The summed E-state index contributed by atoms with van der Waals surface area (Å²) >= 11 is 0.